The van der Waals surface area contributed by atoms with Crippen LogP contribution in [0.15, 0.2) is 59.0 Å². The quantitative estimate of drug-likeness (QED) is 0.707. The fourth-order valence-electron chi connectivity index (χ4n) is 2.69. The van der Waals surface area contributed by atoms with Gasteiger partial charge in [-0.1, -0.05) is 43.3 Å². The van der Waals surface area contributed by atoms with E-state index in [1.165, 1.54) is 0 Å². The highest BCUT2D eigenvalue weighted by atomic mass is 16.4. The molecule has 0 aliphatic heterocycles. The van der Waals surface area contributed by atoms with Crippen LogP contribution in [0.25, 0.3) is 11.5 Å². The van der Waals surface area contributed by atoms with Crippen molar-refractivity contribution >= 4 is 11.6 Å². The van der Waals surface area contributed by atoms with Crippen molar-refractivity contribution in [3.63, 3.8) is 0 Å². The van der Waals surface area contributed by atoms with E-state index in [-0.39, 0.29) is 12.5 Å². The monoisotopic (exact) mass is 350 g/mol. The smallest absolute Gasteiger partial charge is 0.247 e. The second-order valence-corrected chi connectivity index (χ2v) is 6.10. The maximum Gasteiger partial charge on any atom is 0.247 e. The molecule has 1 aromatic heterocycles. The molecule has 6 nitrogen and oxygen atoms in total. The van der Waals surface area contributed by atoms with Gasteiger partial charge >= 0.3 is 0 Å². The number of nitrogens with zero attached hydrogens (tertiary/aromatic N) is 3. The molecule has 1 N–H and O–H groups in total. The van der Waals surface area contributed by atoms with Crippen molar-refractivity contribution < 1.29 is 9.21 Å². The van der Waals surface area contributed by atoms with Crippen molar-refractivity contribution in [1.29, 1.82) is 0 Å². The summed E-state index contributed by atoms with van der Waals surface area (Å²) in [4.78, 5) is 14.1. The Hall–Kier alpha value is -2.99. The highest BCUT2D eigenvalue weighted by Crippen LogP contribution is 2.18. The second-order valence-electron chi connectivity index (χ2n) is 6.10. The summed E-state index contributed by atoms with van der Waals surface area (Å²) in [6.45, 7) is 2.71. The zero-order valence-electron chi connectivity index (χ0n) is 15.0. The Labute approximate surface area is 152 Å². The highest BCUT2D eigenvalue weighted by Gasteiger charge is 2.13. The van der Waals surface area contributed by atoms with Crippen molar-refractivity contribution in [2.45, 2.75) is 19.9 Å². The number of hydrogen-bond acceptors (Lipinski definition) is 5. The summed E-state index contributed by atoms with van der Waals surface area (Å²) in [5.41, 5.74) is 2.85. The number of likely N-dealkylation sites (N-methyl/N-ethyl adjacent to an activating group) is 1. The van der Waals surface area contributed by atoms with Crippen LogP contribution in [0.3, 0.4) is 0 Å². The Morgan fingerprint density at radius 1 is 1.08 bits per heavy atom. The Morgan fingerprint density at radius 2 is 1.81 bits per heavy atom. The molecule has 1 amide bonds. The van der Waals surface area contributed by atoms with E-state index in [9.17, 15) is 4.79 Å². The van der Waals surface area contributed by atoms with Gasteiger partial charge in [0.15, 0.2) is 0 Å². The van der Waals surface area contributed by atoms with Gasteiger partial charge in [-0.2, -0.15) is 0 Å². The third-order valence-corrected chi connectivity index (χ3v) is 3.98. The van der Waals surface area contributed by atoms with Crippen LogP contribution in [-0.4, -0.2) is 34.6 Å². The molecule has 0 spiro atoms. The molecule has 26 heavy (non-hydrogen) atoms. The van der Waals surface area contributed by atoms with E-state index in [2.05, 4.69) is 22.4 Å². The summed E-state index contributed by atoms with van der Waals surface area (Å²) in [7, 11) is 1.84. The van der Waals surface area contributed by atoms with Crippen LogP contribution < -0.4 is 5.32 Å². The Morgan fingerprint density at radius 3 is 2.58 bits per heavy atom. The largest absolute Gasteiger partial charge is 0.419 e. The normalized spacial score (nSPS) is 10.9. The molecule has 0 aliphatic carbocycles. The van der Waals surface area contributed by atoms with E-state index >= 15 is 0 Å². The Kier molecular flexibility index (Phi) is 5.76. The topological polar surface area (TPSA) is 71.3 Å². The van der Waals surface area contributed by atoms with Gasteiger partial charge in [-0.3, -0.25) is 9.69 Å². The van der Waals surface area contributed by atoms with E-state index in [4.69, 9.17) is 4.42 Å². The summed E-state index contributed by atoms with van der Waals surface area (Å²) in [6.07, 6.45) is 0.872. The van der Waals surface area contributed by atoms with Gasteiger partial charge in [0.1, 0.15) is 0 Å². The molecule has 1 heterocycles. The Bertz CT molecular complexity index is 861. The minimum Gasteiger partial charge on any atom is -0.419 e. The van der Waals surface area contributed by atoms with Crippen LogP contribution in [0.1, 0.15) is 18.4 Å². The average molecular weight is 350 g/mol. The maximum absolute atomic E-state index is 12.3. The fourth-order valence-corrected chi connectivity index (χ4v) is 2.69. The SMILES string of the molecule is CCc1ccccc1NC(=O)CN(C)Cc1nnc(-c2ccccc2)o1. The van der Waals surface area contributed by atoms with Crippen molar-refractivity contribution in [3.05, 3.63) is 66.1 Å². The van der Waals surface area contributed by atoms with Crippen LogP contribution in [0, 0.1) is 0 Å². The minimum atomic E-state index is -0.0730. The van der Waals surface area contributed by atoms with Gasteiger partial charge in [-0.05, 0) is 37.2 Å². The number of amides is 1. The number of hydrogen-bond donors (Lipinski definition) is 1. The first-order valence-corrected chi connectivity index (χ1v) is 8.60. The molecular formula is C20H22N4O2. The lowest BCUT2D eigenvalue weighted by Crippen LogP contribution is -2.30. The summed E-state index contributed by atoms with van der Waals surface area (Å²) in [6, 6.07) is 17.4. The maximum atomic E-state index is 12.3. The van der Waals surface area contributed by atoms with Crippen molar-refractivity contribution in [2.24, 2.45) is 0 Å². The van der Waals surface area contributed by atoms with Crippen LogP contribution in [-0.2, 0) is 17.8 Å². The molecule has 0 saturated heterocycles. The number of rotatable bonds is 7. The van der Waals surface area contributed by atoms with Crippen molar-refractivity contribution in [2.75, 3.05) is 18.9 Å². The first-order valence-electron chi connectivity index (χ1n) is 8.60. The first kappa shape index (κ1) is 17.8. The standard InChI is InChI=1S/C20H22N4O2/c1-3-15-9-7-8-12-17(15)21-18(25)13-24(2)14-19-22-23-20(26-19)16-10-5-4-6-11-16/h4-12H,3,13-14H2,1-2H3,(H,21,25). The molecule has 134 valence electrons. The minimum absolute atomic E-state index is 0.0730. The summed E-state index contributed by atoms with van der Waals surface area (Å²) < 4.78 is 5.68. The lowest BCUT2D eigenvalue weighted by atomic mass is 10.1. The molecule has 3 rings (SSSR count). The molecule has 0 fully saturated rings. The second kappa shape index (κ2) is 8.40. The highest BCUT2D eigenvalue weighted by molar-refractivity contribution is 5.92. The lowest BCUT2D eigenvalue weighted by Gasteiger charge is -2.15. The van der Waals surface area contributed by atoms with Gasteiger partial charge < -0.3 is 9.73 Å². The number of anilines is 1. The van der Waals surface area contributed by atoms with Gasteiger partial charge in [-0.25, -0.2) is 0 Å². The van der Waals surface area contributed by atoms with E-state index in [1.54, 1.807) is 0 Å². The summed E-state index contributed by atoms with van der Waals surface area (Å²) in [5.74, 6) is 0.889. The molecule has 0 saturated carbocycles. The van der Waals surface area contributed by atoms with Gasteiger partial charge in [0, 0.05) is 11.3 Å². The van der Waals surface area contributed by atoms with Crippen molar-refractivity contribution in [3.8, 4) is 11.5 Å². The average Bonchev–Trinajstić information content (AvgIpc) is 3.11. The molecular weight excluding hydrogens is 328 g/mol. The Balaban J connectivity index is 1.56. The molecule has 3 aromatic rings. The number of para-hydroxylation sites is 1. The number of aryl methyl sites for hydroxylation is 1. The van der Waals surface area contributed by atoms with E-state index < -0.39 is 0 Å². The number of carbonyl (C=O) groups is 1. The predicted octanol–water partition coefficient (Wildman–Crippen LogP) is 3.37. The molecule has 2 aromatic carbocycles. The van der Waals surface area contributed by atoms with Crippen LogP contribution in [0.2, 0.25) is 0 Å². The van der Waals surface area contributed by atoms with Gasteiger partial charge in [0.05, 0.1) is 13.1 Å². The van der Waals surface area contributed by atoms with Crippen molar-refractivity contribution in [1.82, 2.24) is 15.1 Å². The zero-order chi connectivity index (χ0) is 18.4. The molecule has 0 bridgehead atoms. The summed E-state index contributed by atoms with van der Waals surface area (Å²) in [5, 5.41) is 11.1. The fraction of sp³-hybridized carbons (Fsp3) is 0.250. The van der Waals surface area contributed by atoms with Gasteiger partial charge in [-0.15, -0.1) is 10.2 Å². The molecule has 6 heteroatoms. The van der Waals surface area contributed by atoms with E-state index in [0.29, 0.717) is 18.3 Å². The molecule has 0 aliphatic rings. The molecule has 0 radical (unpaired) electrons. The summed E-state index contributed by atoms with van der Waals surface area (Å²) >= 11 is 0. The first-order chi connectivity index (χ1) is 12.7. The van der Waals surface area contributed by atoms with Crippen LogP contribution in [0.4, 0.5) is 5.69 Å². The number of carbonyl (C=O) groups excluding carboxylic acids is 1. The third kappa shape index (κ3) is 4.55. The molecule has 0 unspecified atom stereocenters. The predicted molar refractivity (Wildman–Crippen MR) is 101 cm³/mol. The lowest BCUT2D eigenvalue weighted by molar-refractivity contribution is -0.117. The third-order valence-electron chi connectivity index (χ3n) is 3.98. The van der Waals surface area contributed by atoms with Crippen LogP contribution >= 0.6 is 0 Å². The number of aromatic nitrogens is 2. The van der Waals surface area contributed by atoms with E-state index in [1.807, 2.05) is 66.5 Å². The van der Waals surface area contributed by atoms with E-state index in [0.717, 1.165) is 23.2 Å². The number of nitrogens with one attached hydrogen (secondary N) is 1. The zero-order valence-corrected chi connectivity index (χ0v) is 15.0. The molecule has 0 atom stereocenters. The van der Waals surface area contributed by atoms with Gasteiger partial charge in [0.2, 0.25) is 17.7 Å². The number of benzene rings is 2. The van der Waals surface area contributed by atoms with Gasteiger partial charge in [0.25, 0.3) is 0 Å². The van der Waals surface area contributed by atoms with Crippen LogP contribution in [0.5, 0.6) is 0 Å².